The van der Waals surface area contributed by atoms with Crippen LogP contribution in [0.2, 0.25) is 0 Å². The van der Waals surface area contributed by atoms with E-state index in [1.54, 1.807) is 38.2 Å². The summed E-state index contributed by atoms with van der Waals surface area (Å²) in [4.78, 5) is 33.8. The fraction of sp³-hybridized carbons (Fsp3) is 0.562. The molecule has 6 aromatic heterocycles. The fourth-order valence-electron chi connectivity index (χ4n) is 16.9. The molecule has 3 aromatic carbocycles. The second kappa shape index (κ2) is 40.6. The van der Waals surface area contributed by atoms with Gasteiger partial charge in [-0.05, 0) is 211 Å². The van der Waals surface area contributed by atoms with Crippen LogP contribution in [0.3, 0.4) is 0 Å². The fourth-order valence-corrected chi connectivity index (χ4v) is 17.4. The van der Waals surface area contributed by atoms with Crippen molar-refractivity contribution in [3.8, 4) is 33.4 Å². The first-order valence-electron chi connectivity index (χ1n) is 41.9. The first kappa shape index (κ1) is 90.8. The second-order valence-corrected chi connectivity index (χ2v) is 35.3. The minimum absolute atomic E-state index is 0. The van der Waals surface area contributed by atoms with E-state index in [9.17, 15) is 14.7 Å². The molecule has 0 spiro atoms. The number of nitrogens with zero attached hydrogens (tertiary/aromatic N) is 16. The average Bonchev–Trinajstić information content (AvgIpc) is 1.69. The molecule has 630 valence electrons. The zero-order chi connectivity index (χ0) is 81.3. The summed E-state index contributed by atoms with van der Waals surface area (Å²) in [6, 6.07) is 21.6. The Labute approximate surface area is 736 Å². The van der Waals surface area contributed by atoms with E-state index in [2.05, 4.69) is 146 Å². The largest absolute Gasteiger partial charge is 1.00 e. The summed E-state index contributed by atoms with van der Waals surface area (Å²) in [7, 11) is 5.87. The topological polar surface area (TPSA) is 235 Å². The van der Waals surface area contributed by atoms with Crippen LogP contribution in [0.15, 0.2) is 96.4 Å². The van der Waals surface area contributed by atoms with Crippen LogP contribution in [-0.4, -0.2) is 170 Å². The number of benzene rings is 3. The van der Waals surface area contributed by atoms with E-state index < -0.39 is 16.8 Å². The smallest absolute Gasteiger partial charge is 0.850 e. The number of aromatic nitrogens is 12. The zero-order valence-electron chi connectivity index (χ0n) is 71.6. The number of anilines is 4. The Kier molecular flexibility index (Phi) is 31.5. The van der Waals surface area contributed by atoms with Gasteiger partial charge in [0.1, 0.15) is 15.8 Å². The van der Waals surface area contributed by atoms with Crippen LogP contribution in [0.5, 0.6) is 0 Å². The number of hydrogen-bond acceptors (Lipinski definition) is 17. The third kappa shape index (κ3) is 23.0. The predicted molar refractivity (Wildman–Crippen MR) is 452 cm³/mol. The molecule has 1 N–H and O–H groups in total. The standard InChI is InChI=1S/C29H38N6O3.C24H30N6O.C16H24BrN3O3.C14H16N2.C4H9O.C2H5.Na.Pd/c1-29(2,3)38-28(36)33-13-9-26-24(19-33)27(31-35(26)23-10-14-37-15-11-23)34-12-5-6-21-16-20(7-8-25(21)34)22-17-30-32(4)18-22;1-28-16-19(14-26-28)17-4-5-22-18(13-17)3-2-10-29(22)24-21-15-25-9-6-23(21)30(27-24)20-7-11-31-12-8-20;1-16(2,3)23-15(21)19-7-4-13-12(10-19)14(17)18-20(13)11-5-8-22-9-6-11;1-16-10-14(9-15-16)13-7-6-11-4-2-3-5-12(11)8-13;1-4(2,3)5;1-2;;/h7-8,16-18,23H,5-6,9-15,19H2,1-4H3;4-5,13-14,16,20,25H,2-3,6-12,15H2,1H3;11H,4-10H2,1-3H3;6-10H,2-5H2,1H3;1-3H3;1H2,2H3;;/q;;;;2*-1;+1;. The number of aryl methyl sites for hydroxylation is 7. The van der Waals surface area contributed by atoms with Gasteiger partial charge < -0.3 is 60.6 Å². The van der Waals surface area contributed by atoms with Crippen molar-refractivity contribution in [2.24, 2.45) is 21.1 Å². The van der Waals surface area contributed by atoms with Crippen molar-refractivity contribution in [3.63, 3.8) is 0 Å². The number of halogens is 1. The molecule has 25 nitrogen and oxygen atoms in total. The van der Waals surface area contributed by atoms with Crippen LogP contribution >= 0.6 is 15.9 Å². The monoisotopic (exact) mass is 1760 g/mol. The summed E-state index contributed by atoms with van der Waals surface area (Å²) in [5.74, 6) is 2.14. The molecule has 0 radical (unpaired) electrons. The molecule has 0 saturated carbocycles. The van der Waals surface area contributed by atoms with Crippen LogP contribution in [0.25, 0.3) is 33.4 Å². The van der Waals surface area contributed by atoms with E-state index in [1.807, 2.05) is 100 Å². The predicted octanol–water partition coefficient (Wildman–Crippen LogP) is 12.6. The molecule has 117 heavy (non-hydrogen) atoms. The Morgan fingerprint density at radius 2 is 0.846 bits per heavy atom. The van der Waals surface area contributed by atoms with E-state index in [0.717, 1.165) is 182 Å². The summed E-state index contributed by atoms with van der Waals surface area (Å²) in [5, 5.41) is 41.8. The summed E-state index contributed by atoms with van der Waals surface area (Å²) in [6.07, 6.45) is 29.7. The number of rotatable bonds is 8. The third-order valence-electron chi connectivity index (χ3n) is 22.3. The molecule has 14 heterocycles. The molecule has 0 bridgehead atoms. The molecule has 3 fully saturated rings. The molecule has 1 aliphatic carbocycles. The number of ether oxygens (including phenoxy) is 5. The number of fused-ring (bicyclic) bond motifs is 6. The summed E-state index contributed by atoms with van der Waals surface area (Å²) in [6.45, 7) is 32.4. The van der Waals surface area contributed by atoms with Crippen molar-refractivity contribution in [2.75, 3.05) is 82.2 Å². The molecule has 9 aliphatic rings. The Hall–Kier alpha value is -7.00. The van der Waals surface area contributed by atoms with E-state index in [-0.39, 0.29) is 62.2 Å². The van der Waals surface area contributed by atoms with Gasteiger partial charge in [0.2, 0.25) is 0 Å². The third-order valence-corrected chi connectivity index (χ3v) is 23.0. The first-order valence-corrected chi connectivity index (χ1v) is 42.7. The molecule has 3 saturated heterocycles. The maximum absolute atomic E-state index is 13.0. The Balaban J connectivity index is 0.000000154. The van der Waals surface area contributed by atoms with Gasteiger partial charge in [0.05, 0.1) is 49.8 Å². The maximum atomic E-state index is 13.0. The summed E-state index contributed by atoms with van der Waals surface area (Å²) >= 11 is 3.57. The quantitative estimate of drug-likeness (QED) is 0.110. The van der Waals surface area contributed by atoms with Crippen molar-refractivity contribution in [1.82, 2.24) is 73.8 Å². The average molecular weight is 1770 g/mol. The minimum atomic E-state index is -0.750. The second-order valence-electron chi connectivity index (χ2n) is 34.5. The summed E-state index contributed by atoms with van der Waals surface area (Å²) < 4.78 is 41.1. The van der Waals surface area contributed by atoms with Gasteiger partial charge >= 0.3 is 41.7 Å². The van der Waals surface area contributed by atoms with Gasteiger partial charge in [-0.25, -0.2) is 9.59 Å². The van der Waals surface area contributed by atoms with Crippen LogP contribution in [0.4, 0.5) is 32.6 Å². The Morgan fingerprint density at radius 3 is 1.26 bits per heavy atom. The molecule has 9 aromatic rings. The number of carbonyl (C=O) groups is 2. The van der Waals surface area contributed by atoms with Gasteiger partial charge in [-0.1, -0.05) is 51.1 Å². The van der Waals surface area contributed by atoms with E-state index in [0.29, 0.717) is 44.3 Å². The van der Waals surface area contributed by atoms with Crippen molar-refractivity contribution in [2.45, 2.75) is 233 Å². The number of carbonyl (C=O) groups excluding carboxylic acids is 2. The molecule has 2 amide bonds. The van der Waals surface area contributed by atoms with E-state index in [4.69, 9.17) is 33.9 Å². The van der Waals surface area contributed by atoms with Gasteiger partial charge in [-0.3, -0.25) is 28.1 Å². The van der Waals surface area contributed by atoms with Crippen LogP contribution in [0, 0.1) is 6.92 Å². The molecular weight excluding hydrogens is 1640 g/mol. The van der Waals surface area contributed by atoms with Gasteiger partial charge in [0.25, 0.3) is 0 Å². The van der Waals surface area contributed by atoms with Gasteiger partial charge in [-0.2, -0.15) is 37.5 Å². The number of nitrogens with one attached hydrogen (secondary N) is 1. The minimum Gasteiger partial charge on any atom is -0.850 e. The van der Waals surface area contributed by atoms with Gasteiger partial charge in [-0.15, -0.1) is 5.60 Å². The molecule has 0 unspecified atom stereocenters. The van der Waals surface area contributed by atoms with Crippen LogP contribution in [-0.2, 0) is 130 Å². The number of amides is 2. The molecule has 0 atom stereocenters. The molecule has 8 aliphatic heterocycles. The first-order chi connectivity index (χ1) is 55.2. The van der Waals surface area contributed by atoms with E-state index >= 15 is 0 Å². The molecule has 18 rings (SSSR count). The zero-order valence-corrected chi connectivity index (χ0v) is 76.8. The van der Waals surface area contributed by atoms with Crippen LogP contribution in [0.1, 0.15) is 208 Å². The van der Waals surface area contributed by atoms with Crippen molar-refractivity contribution >= 4 is 51.1 Å². The van der Waals surface area contributed by atoms with Crippen LogP contribution < -0.4 is 49.8 Å². The summed E-state index contributed by atoms with van der Waals surface area (Å²) in [5.41, 5.74) is 21.4. The Bertz CT molecular complexity index is 4770. The molecule has 28 heteroatoms. The Morgan fingerprint density at radius 1 is 0.479 bits per heavy atom. The maximum Gasteiger partial charge on any atom is 1.00 e. The van der Waals surface area contributed by atoms with E-state index in [1.165, 1.54) is 104 Å². The number of hydrogen-bond donors (Lipinski definition) is 1. The van der Waals surface area contributed by atoms with Gasteiger partial charge in [0, 0.05) is 220 Å². The molecular formula is C89H122BrN17NaO8Pd-. The SMILES string of the molecule is CC(C)(C)OC(=O)N1CCc2c(c(Br)nn2C2CCOCC2)C1.CC(C)(C)[O-].Cn1cc(-c2ccc3c(c2)CCCC3)cn1.Cn1cc(-c2ccc3c(c2)CCCN3c2nn(C3CCOCC3)c3c2CN(C(=O)OC(C)(C)C)CC3)cn1.Cn1cc(-c2ccc3c(c2)CCCN3c2nn(C3CCOCC3)c3c2CNCC3)cn1.[CH2-]C.[Na+].[Pd]. The van der Waals surface area contributed by atoms with Crippen molar-refractivity contribution in [3.05, 3.63) is 159 Å². The van der Waals surface area contributed by atoms with Crippen molar-refractivity contribution < 1.29 is 88.4 Å². The normalized spacial score (nSPS) is 17.5. The van der Waals surface area contributed by atoms with Crippen molar-refractivity contribution in [1.29, 1.82) is 0 Å². The van der Waals surface area contributed by atoms with Gasteiger partial charge in [0.15, 0.2) is 11.6 Å².